The quantitative estimate of drug-likeness (QED) is 0.0364. The van der Waals surface area contributed by atoms with Crippen molar-refractivity contribution >= 4 is 0 Å². The molecule has 12 heteroatoms. The van der Waals surface area contributed by atoms with Crippen LogP contribution >= 0.6 is 0 Å². The minimum Gasteiger partial charge on any atom is -0.190 e. The van der Waals surface area contributed by atoms with Crippen LogP contribution in [0.1, 0.15) is 139 Å². The third-order valence-corrected chi connectivity index (χ3v) is 13.5. The Balaban J connectivity index is 0.000000194. The molecule has 4 aromatic carbocycles. The summed E-state index contributed by atoms with van der Waals surface area (Å²) in [5.74, 6) is -5.91. The molecule has 0 unspecified atom stereocenters. The molecule has 0 amide bonds. The summed E-state index contributed by atoms with van der Waals surface area (Å²) in [4.78, 5) is 12.8. The fourth-order valence-corrected chi connectivity index (χ4v) is 8.61. The highest BCUT2D eigenvalue weighted by Crippen LogP contribution is 2.18. The Morgan fingerprint density at radius 2 is 0.481 bits per heavy atom. The molecule has 8 aromatic rings. The third kappa shape index (κ3) is 23.4. The second-order valence-electron chi connectivity index (χ2n) is 19.6. The summed E-state index contributed by atoms with van der Waals surface area (Å²) in [7, 11) is 0. The van der Waals surface area contributed by atoms with Gasteiger partial charge in [0.1, 0.15) is 0 Å². The van der Waals surface area contributed by atoms with Gasteiger partial charge in [-0.05, 0) is 183 Å². The van der Waals surface area contributed by atoms with Gasteiger partial charge < -0.3 is 0 Å². The normalized spacial score (nSPS) is 10.7. The first-order valence-corrected chi connectivity index (χ1v) is 27.8. The van der Waals surface area contributed by atoms with Gasteiger partial charge in [0, 0.05) is 22.3 Å². The Hall–Kier alpha value is -7.08. The lowest BCUT2D eigenvalue weighted by Gasteiger charge is -2.05. The molecule has 4 heterocycles. The van der Waals surface area contributed by atoms with Crippen molar-refractivity contribution in [3.8, 4) is 0 Å². The van der Waals surface area contributed by atoms with Crippen molar-refractivity contribution in [2.24, 2.45) is 0 Å². The summed E-state index contributed by atoms with van der Waals surface area (Å²) in [6, 6.07) is 44.2. The lowest BCUT2D eigenvalue weighted by molar-refractivity contribution is 0.501. The molecule has 0 fully saturated rings. The van der Waals surface area contributed by atoms with Gasteiger partial charge in [-0.1, -0.05) is 157 Å². The molecule has 0 bridgehead atoms. The van der Waals surface area contributed by atoms with E-state index in [9.17, 15) is 35.1 Å². The van der Waals surface area contributed by atoms with Crippen LogP contribution in [0.15, 0.2) is 146 Å². The summed E-state index contributed by atoms with van der Waals surface area (Å²) in [6.07, 6.45) is 18.0. The van der Waals surface area contributed by atoms with E-state index in [2.05, 4.69) is 133 Å². The van der Waals surface area contributed by atoms with Crippen LogP contribution in [-0.2, 0) is 77.0 Å². The molecule has 0 aliphatic carbocycles. The Labute approximate surface area is 462 Å². The number of aromatic nitrogens is 4. The van der Waals surface area contributed by atoms with Gasteiger partial charge in [0.25, 0.3) is 0 Å². The van der Waals surface area contributed by atoms with E-state index in [1.165, 1.54) is 115 Å². The van der Waals surface area contributed by atoms with Crippen molar-refractivity contribution in [3.63, 3.8) is 0 Å². The fraction of sp³-hybridized carbons (Fsp3) is 0.343. The molecule has 0 radical (unpaired) electrons. The smallest absolute Gasteiger partial charge is 0.190 e. The van der Waals surface area contributed by atoms with Crippen molar-refractivity contribution in [2.45, 2.75) is 150 Å². The summed E-state index contributed by atoms with van der Waals surface area (Å²) in [5.41, 5.74) is 11.8. The number of rotatable bonds is 23. The molecular weight excluding hydrogens is 1010 g/mol. The minimum atomic E-state index is -0.774. The maximum absolute atomic E-state index is 13.5. The summed E-state index contributed by atoms with van der Waals surface area (Å²) in [5, 5.41) is 0. The molecule has 4 aromatic heterocycles. The lowest BCUT2D eigenvalue weighted by Crippen LogP contribution is -1.99. The highest BCUT2D eigenvalue weighted by atomic mass is 19.2. The van der Waals surface area contributed by atoms with E-state index in [0.29, 0.717) is 47.9 Å². The Kier molecular flexibility index (Phi) is 27.6. The van der Waals surface area contributed by atoms with Crippen molar-refractivity contribution < 1.29 is 35.1 Å². The van der Waals surface area contributed by atoms with Crippen molar-refractivity contribution in [3.05, 3.63) is 260 Å². The summed E-state index contributed by atoms with van der Waals surface area (Å²) >= 11 is 0. The monoisotopic (exact) mass is 1090 g/mol. The molecule has 0 spiro atoms. The zero-order valence-corrected chi connectivity index (χ0v) is 46.1. The molecule has 0 aliphatic rings. The third-order valence-electron chi connectivity index (χ3n) is 13.5. The zero-order chi connectivity index (χ0) is 56.8. The zero-order valence-electron chi connectivity index (χ0n) is 46.1. The topological polar surface area (TPSA) is 51.6 Å². The van der Waals surface area contributed by atoms with E-state index in [0.717, 1.165) is 74.5 Å². The molecule has 0 atom stereocenters. The van der Waals surface area contributed by atoms with Crippen LogP contribution < -0.4 is 0 Å². The summed E-state index contributed by atoms with van der Waals surface area (Å²) in [6.45, 7) is 8.65. The maximum Gasteiger partial charge on any atom is 0.218 e. The van der Waals surface area contributed by atoms with Gasteiger partial charge in [-0.25, -0.2) is 0 Å². The molecule has 4 nitrogen and oxygen atoms in total. The van der Waals surface area contributed by atoms with Gasteiger partial charge in [-0.3, -0.25) is 0 Å². The molecule has 418 valence electrons. The molecular formula is C67H74F8N4. The van der Waals surface area contributed by atoms with Crippen LogP contribution in [0.2, 0.25) is 0 Å². The van der Waals surface area contributed by atoms with Gasteiger partial charge in [-0.2, -0.15) is 55.1 Å². The number of aryl methyl sites for hydroxylation is 12. The lowest BCUT2D eigenvalue weighted by atomic mass is 10.0. The average Bonchev–Trinajstić information content (AvgIpc) is 3.44. The van der Waals surface area contributed by atoms with Crippen molar-refractivity contribution in [2.75, 3.05) is 0 Å². The molecule has 0 N–H and O–H groups in total. The van der Waals surface area contributed by atoms with Crippen LogP contribution in [0, 0.1) is 47.6 Å². The van der Waals surface area contributed by atoms with E-state index in [1.54, 1.807) is 0 Å². The largest absolute Gasteiger partial charge is 0.218 e. The van der Waals surface area contributed by atoms with E-state index in [-0.39, 0.29) is 0 Å². The molecule has 0 aliphatic heterocycles. The number of hydrogen-bond donors (Lipinski definition) is 0. The highest BCUT2D eigenvalue weighted by molar-refractivity contribution is 5.28. The summed E-state index contributed by atoms with van der Waals surface area (Å²) < 4.78 is 104. The number of nitrogens with zero attached hydrogens (tertiary/aromatic N) is 4. The molecule has 0 saturated carbocycles. The number of pyridine rings is 4. The van der Waals surface area contributed by atoms with Crippen LogP contribution in [0.4, 0.5) is 35.1 Å². The van der Waals surface area contributed by atoms with Crippen LogP contribution in [-0.4, -0.2) is 19.9 Å². The second-order valence-corrected chi connectivity index (χ2v) is 19.6. The molecule has 0 saturated heterocycles. The minimum absolute atomic E-state index is 0.455. The maximum atomic E-state index is 13.5. The van der Waals surface area contributed by atoms with E-state index < -0.39 is 47.6 Å². The van der Waals surface area contributed by atoms with Crippen molar-refractivity contribution in [1.82, 2.24) is 19.9 Å². The van der Waals surface area contributed by atoms with Gasteiger partial charge in [0.05, 0.1) is 0 Å². The first-order chi connectivity index (χ1) is 38.2. The molecule has 8 rings (SSSR count). The Morgan fingerprint density at radius 3 is 0.734 bits per heavy atom. The van der Waals surface area contributed by atoms with Gasteiger partial charge in [-0.15, -0.1) is 0 Å². The predicted octanol–water partition coefficient (Wildman–Crippen LogP) is 17.6. The SMILES string of the molecule is CCCCCCc1ccc(CCc2ccc(F)nc2F)cc1.CCCCc1ccc(CCc2ccc(F)nc2F)cc1.CCCc1ccc(CCc2ccc(F)nc2F)cc1.CCc1ccc(CCc2ccc(F)nc2F)cc1. The van der Waals surface area contributed by atoms with Gasteiger partial charge >= 0.3 is 0 Å². The van der Waals surface area contributed by atoms with E-state index in [1.807, 2.05) is 12.1 Å². The Bertz CT molecular complexity index is 3000. The number of halogens is 8. The first kappa shape index (κ1) is 62.8. The second kappa shape index (κ2) is 34.7. The number of benzene rings is 4. The van der Waals surface area contributed by atoms with E-state index >= 15 is 0 Å². The highest BCUT2D eigenvalue weighted by Gasteiger charge is 2.10. The Morgan fingerprint density at radius 1 is 0.228 bits per heavy atom. The molecule has 79 heavy (non-hydrogen) atoms. The first-order valence-electron chi connectivity index (χ1n) is 27.8. The van der Waals surface area contributed by atoms with Crippen LogP contribution in [0.5, 0.6) is 0 Å². The fourth-order valence-electron chi connectivity index (χ4n) is 8.61. The average molecular weight is 1090 g/mol. The predicted molar refractivity (Wildman–Crippen MR) is 302 cm³/mol. The number of hydrogen-bond acceptors (Lipinski definition) is 4. The van der Waals surface area contributed by atoms with E-state index in [4.69, 9.17) is 0 Å². The van der Waals surface area contributed by atoms with Crippen LogP contribution in [0.25, 0.3) is 0 Å². The van der Waals surface area contributed by atoms with Gasteiger partial charge in [0.2, 0.25) is 47.6 Å². The standard InChI is InChI=1S/C19H23F2N.C17H19F2N.C16H17F2N.C15H15F2N/c1-2-3-4-5-6-15-7-9-16(10-8-15)11-12-17-13-14-18(20)22-19(17)21;1-2-3-4-13-5-7-14(8-6-13)9-10-15-11-12-16(18)20-17(15)19;1-2-3-12-4-6-13(7-5-12)8-9-14-10-11-15(17)19-16(14)18;1-2-11-3-5-12(6-4-11)7-8-13-9-10-14(16)18-15(13)17/h7-10,13-14H,2-6,11-12H2,1H3;5-8,11-12H,2-4,9-10H2,1H3;4-7,10-11H,2-3,8-9H2,1H3;3-6,9-10H,2,7-8H2,1H3. The van der Waals surface area contributed by atoms with Crippen molar-refractivity contribution in [1.29, 1.82) is 0 Å². The number of unbranched alkanes of at least 4 members (excludes halogenated alkanes) is 4. The van der Waals surface area contributed by atoms with Crippen LogP contribution in [0.3, 0.4) is 0 Å². The van der Waals surface area contributed by atoms with Gasteiger partial charge in [0.15, 0.2) is 0 Å².